The molecule has 0 amide bonds. The normalized spacial score (nSPS) is 10.2. The number of methoxy groups -OCH3 is 1. The molecular weight excluding hydrogens is 258 g/mol. The van der Waals surface area contributed by atoms with E-state index in [-0.39, 0.29) is 5.69 Å². The minimum Gasteiger partial charge on any atom is -0.497 e. The van der Waals surface area contributed by atoms with Crippen LogP contribution in [-0.4, -0.2) is 35.2 Å². The molecule has 0 bridgehead atoms. The first kappa shape index (κ1) is 13.8. The first-order chi connectivity index (χ1) is 9.51. The molecule has 2 aromatic rings. The van der Waals surface area contributed by atoms with E-state index in [0.717, 1.165) is 5.69 Å². The van der Waals surface area contributed by atoms with Crippen LogP contribution in [0.3, 0.4) is 0 Å². The maximum Gasteiger partial charge on any atom is 0.354 e. The van der Waals surface area contributed by atoms with E-state index in [1.54, 1.807) is 26.0 Å². The Balaban J connectivity index is 2.41. The van der Waals surface area contributed by atoms with Gasteiger partial charge in [-0.25, -0.2) is 14.8 Å². The predicted molar refractivity (Wildman–Crippen MR) is 74.8 cm³/mol. The van der Waals surface area contributed by atoms with E-state index >= 15 is 0 Å². The Morgan fingerprint density at radius 2 is 2.05 bits per heavy atom. The second-order valence-electron chi connectivity index (χ2n) is 4.26. The van der Waals surface area contributed by atoms with Crippen LogP contribution in [0.25, 0.3) is 0 Å². The van der Waals surface area contributed by atoms with E-state index in [2.05, 4.69) is 9.97 Å². The Kier molecular flexibility index (Phi) is 3.84. The van der Waals surface area contributed by atoms with Gasteiger partial charge in [-0.1, -0.05) is 6.07 Å². The molecule has 0 spiro atoms. The summed E-state index contributed by atoms with van der Waals surface area (Å²) in [5.41, 5.74) is 1.38. The highest BCUT2D eigenvalue weighted by Gasteiger charge is 2.13. The van der Waals surface area contributed by atoms with Crippen molar-refractivity contribution in [3.05, 3.63) is 41.7 Å². The van der Waals surface area contributed by atoms with Crippen molar-refractivity contribution in [1.82, 2.24) is 9.97 Å². The lowest BCUT2D eigenvalue weighted by atomic mass is 10.3. The quantitative estimate of drug-likeness (QED) is 0.920. The van der Waals surface area contributed by atoms with Crippen molar-refractivity contribution in [2.75, 3.05) is 19.1 Å². The van der Waals surface area contributed by atoms with Crippen LogP contribution >= 0.6 is 0 Å². The Morgan fingerprint density at radius 3 is 2.70 bits per heavy atom. The standard InChI is InChI=1S/C14H15N3O3/c1-9-7-12(13(18)19)16-14(15-9)17(2)10-5-4-6-11(8-10)20-3/h4-8H,1-3H3,(H,18,19). The van der Waals surface area contributed by atoms with Crippen LogP contribution in [0.4, 0.5) is 11.6 Å². The monoisotopic (exact) mass is 273 g/mol. The smallest absolute Gasteiger partial charge is 0.354 e. The van der Waals surface area contributed by atoms with Crippen LogP contribution in [0.5, 0.6) is 5.75 Å². The SMILES string of the molecule is COc1cccc(N(C)c2nc(C)cc(C(=O)O)n2)c1. The number of benzene rings is 1. The number of rotatable bonds is 4. The molecule has 0 saturated heterocycles. The number of anilines is 2. The van der Waals surface area contributed by atoms with Gasteiger partial charge in [0.1, 0.15) is 5.75 Å². The average molecular weight is 273 g/mol. The van der Waals surface area contributed by atoms with Gasteiger partial charge in [-0.05, 0) is 25.1 Å². The summed E-state index contributed by atoms with van der Waals surface area (Å²) in [6.45, 7) is 1.73. The van der Waals surface area contributed by atoms with Gasteiger partial charge in [0.15, 0.2) is 5.69 Å². The second kappa shape index (κ2) is 5.56. The summed E-state index contributed by atoms with van der Waals surface area (Å²) in [7, 11) is 3.36. The van der Waals surface area contributed by atoms with Crippen molar-refractivity contribution in [3.8, 4) is 5.75 Å². The van der Waals surface area contributed by atoms with Crippen LogP contribution in [-0.2, 0) is 0 Å². The van der Waals surface area contributed by atoms with E-state index < -0.39 is 5.97 Å². The highest BCUT2D eigenvalue weighted by atomic mass is 16.5. The number of nitrogens with zero attached hydrogens (tertiary/aromatic N) is 3. The number of carboxylic acid groups (broad SMARTS) is 1. The number of ether oxygens (including phenoxy) is 1. The molecule has 0 aliphatic rings. The Bertz CT molecular complexity index is 643. The van der Waals surface area contributed by atoms with Crippen LogP contribution in [0.2, 0.25) is 0 Å². The topological polar surface area (TPSA) is 75.5 Å². The Hall–Kier alpha value is -2.63. The average Bonchev–Trinajstić information content (AvgIpc) is 2.45. The van der Waals surface area contributed by atoms with E-state index in [1.165, 1.54) is 6.07 Å². The number of aryl methyl sites for hydroxylation is 1. The van der Waals surface area contributed by atoms with Crippen molar-refractivity contribution in [2.24, 2.45) is 0 Å². The fraction of sp³-hybridized carbons (Fsp3) is 0.214. The molecule has 0 radical (unpaired) electrons. The van der Waals surface area contributed by atoms with Gasteiger partial charge in [0.05, 0.1) is 7.11 Å². The zero-order valence-corrected chi connectivity index (χ0v) is 11.5. The molecule has 1 heterocycles. The summed E-state index contributed by atoms with van der Waals surface area (Å²) in [4.78, 5) is 21.0. The Labute approximate surface area is 116 Å². The molecule has 1 aromatic heterocycles. The van der Waals surface area contributed by atoms with Gasteiger partial charge in [-0.3, -0.25) is 0 Å². The third-order valence-electron chi connectivity index (χ3n) is 2.80. The predicted octanol–water partition coefficient (Wildman–Crippen LogP) is 2.26. The molecule has 2 rings (SSSR count). The molecular formula is C14H15N3O3. The van der Waals surface area contributed by atoms with Crippen molar-refractivity contribution < 1.29 is 14.6 Å². The molecule has 20 heavy (non-hydrogen) atoms. The molecule has 0 aliphatic carbocycles. The number of hydrogen-bond acceptors (Lipinski definition) is 5. The number of carboxylic acids is 1. The summed E-state index contributed by atoms with van der Waals surface area (Å²) in [6.07, 6.45) is 0. The number of aromatic nitrogens is 2. The molecule has 6 nitrogen and oxygen atoms in total. The van der Waals surface area contributed by atoms with Gasteiger partial charge in [0, 0.05) is 24.5 Å². The lowest BCUT2D eigenvalue weighted by Crippen LogP contribution is -2.16. The van der Waals surface area contributed by atoms with Gasteiger partial charge in [0.25, 0.3) is 0 Å². The summed E-state index contributed by atoms with van der Waals surface area (Å²) >= 11 is 0. The maximum absolute atomic E-state index is 11.0. The molecule has 0 aliphatic heterocycles. The molecule has 0 saturated carbocycles. The number of carbonyl (C=O) groups is 1. The van der Waals surface area contributed by atoms with E-state index in [9.17, 15) is 4.79 Å². The molecule has 0 fully saturated rings. The van der Waals surface area contributed by atoms with Gasteiger partial charge in [-0.15, -0.1) is 0 Å². The summed E-state index contributed by atoms with van der Waals surface area (Å²) < 4.78 is 5.16. The third-order valence-corrected chi connectivity index (χ3v) is 2.80. The van der Waals surface area contributed by atoms with Crippen LogP contribution in [0.1, 0.15) is 16.2 Å². The summed E-state index contributed by atoms with van der Waals surface area (Å²) in [5, 5.41) is 9.04. The fourth-order valence-corrected chi connectivity index (χ4v) is 1.75. The highest BCUT2D eigenvalue weighted by Crippen LogP contribution is 2.24. The molecule has 104 valence electrons. The van der Waals surface area contributed by atoms with Gasteiger partial charge >= 0.3 is 5.97 Å². The van der Waals surface area contributed by atoms with E-state index in [1.807, 2.05) is 24.3 Å². The maximum atomic E-state index is 11.0. The van der Waals surface area contributed by atoms with Crippen molar-refractivity contribution in [3.63, 3.8) is 0 Å². The molecule has 0 unspecified atom stereocenters. The molecule has 1 N–H and O–H groups in total. The minimum atomic E-state index is -1.07. The van der Waals surface area contributed by atoms with Crippen molar-refractivity contribution in [2.45, 2.75) is 6.92 Å². The van der Waals surface area contributed by atoms with Crippen LogP contribution in [0, 0.1) is 6.92 Å². The minimum absolute atomic E-state index is 0.0257. The van der Waals surface area contributed by atoms with Gasteiger partial charge < -0.3 is 14.7 Å². The summed E-state index contributed by atoms with van der Waals surface area (Å²) in [5.74, 6) is -0.0353. The third kappa shape index (κ3) is 2.85. The fourth-order valence-electron chi connectivity index (χ4n) is 1.75. The molecule has 1 aromatic carbocycles. The molecule has 0 atom stereocenters. The van der Waals surface area contributed by atoms with Crippen molar-refractivity contribution >= 4 is 17.6 Å². The Morgan fingerprint density at radius 1 is 1.30 bits per heavy atom. The number of hydrogen-bond donors (Lipinski definition) is 1. The number of aromatic carboxylic acids is 1. The highest BCUT2D eigenvalue weighted by molar-refractivity contribution is 5.85. The summed E-state index contributed by atoms with van der Waals surface area (Å²) in [6, 6.07) is 8.81. The first-order valence-corrected chi connectivity index (χ1v) is 5.98. The first-order valence-electron chi connectivity index (χ1n) is 5.98. The zero-order chi connectivity index (χ0) is 14.7. The lowest BCUT2D eigenvalue weighted by Gasteiger charge is -2.18. The van der Waals surface area contributed by atoms with E-state index in [0.29, 0.717) is 17.4 Å². The second-order valence-corrected chi connectivity index (χ2v) is 4.26. The zero-order valence-electron chi connectivity index (χ0n) is 11.5. The van der Waals surface area contributed by atoms with Gasteiger partial charge in [0.2, 0.25) is 5.95 Å². The van der Waals surface area contributed by atoms with Crippen LogP contribution in [0.15, 0.2) is 30.3 Å². The van der Waals surface area contributed by atoms with Gasteiger partial charge in [-0.2, -0.15) is 0 Å². The van der Waals surface area contributed by atoms with Crippen LogP contribution < -0.4 is 9.64 Å². The molecule has 6 heteroatoms. The van der Waals surface area contributed by atoms with Crippen molar-refractivity contribution in [1.29, 1.82) is 0 Å². The largest absolute Gasteiger partial charge is 0.497 e. The van der Waals surface area contributed by atoms with E-state index in [4.69, 9.17) is 9.84 Å². The lowest BCUT2D eigenvalue weighted by molar-refractivity contribution is 0.0690.